The average Bonchev–Trinajstić information content (AvgIpc) is 3.96. The molecule has 7 aliphatic heterocycles. The lowest BCUT2D eigenvalue weighted by Gasteiger charge is -2.41. The van der Waals surface area contributed by atoms with Crippen LogP contribution in [0.2, 0.25) is 0 Å². The Labute approximate surface area is 341 Å². The van der Waals surface area contributed by atoms with Gasteiger partial charge in [-0.05, 0) is 99.8 Å². The number of likely N-dealkylation sites (tertiary alicyclic amines) is 3. The van der Waals surface area contributed by atoms with Crippen LogP contribution >= 0.6 is 0 Å². The highest BCUT2D eigenvalue weighted by Gasteiger charge is 2.58. The smallest absolute Gasteiger partial charge is 0.438 e. The van der Waals surface area contributed by atoms with E-state index in [0.29, 0.717) is 19.6 Å². The molecule has 1 amide bonds. The van der Waals surface area contributed by atoms with Crippen molar-refractivity contribution in [2.45, 2.75) is 158 Å². The van der Waals surface area contributed by atoms with Crippen LogP contribution in [0.3, 0.4) is 0 Å². The summed E-state index contributed by atoms with van der Waals surface area (Å²) in [6.45, 7) is 24.2. The second-order valence-corrected chi connectivity index (χ2v) is 17.9. The predicted molar refractivity (Wildman–Crippen MR) is 204 cm³/mol. The number of piperidine rings is 2. The zero-order chi connectivity index (χ0) is 42.0. The molecule has 19 heteroatoms. The van der Waals surface area contributed by atoms with E-state index in [1.165, 1.54) is 14.2 Å². The molecule has 7 aliphatic rings. The number of rotatable bonds is 9. The first-order chi connectivity index (χ1) is 27.3. The Kier molecular flexibility index (Phi) is 13.8. The zero-order valence-electron chi connectivity index (χ0n) is 35.3. The van der Waals surface area contributed by atoms with Gasteiger partial charge in [-0.2, -0.15) is 0 Å². The van der Waals surface area contributed by atoms with E-state index >= 15 is 0 Å². The molecule has 0 radical (unpaired) electrons. The van der Waals surface area contributed by atoms with Crippen LogP contribution in [0.5, 0.6) is 0 Å². The topological polar surface area (TPSA) is 196 Å². The third-order valence-electron chi connectivity index (χ3n) is 12.2. The molecule has 0 aromatic heterocycles. The number of hydrogen-bond acceptors (Lipinski definition) is 17. The number of nitrogens with two attached hydrogens (primary N) is 1. The minimum atomic E-state index is -0.808. The lowest BCUT2D eigenvalue weighted by molar-refractivity contribution is -0.217. The van der Waals surface area contributed by atoms with Crippen LogP contribution in [0.25, 0.3) is 4.85 Å². The van der Waals surface area contributed by atoms with Crippen LogP contribution in [0.1, 0.15) is 80.1 Å². The third kappa shape index (κ3) is 10.9. The van der Waals surface area contributed by atoms with Crippen LogP contribution < -0.4 is 11.1 Å². The number of nitrogens with zero attached hydrogens (tertiary/aromatic N) is 4. The SMILES string of the molecule is COC(=O)O[C@H]1[C@H]2OC(C)(C)O[C@H]2O[C@@H]1CN1CCC(C)(N)CC1.[C-]#[N+][C@@H]1CCCN1C(=O)CNC1(C)CCN(C[C@H]2O[C@@H]3OC(C)(C)O[C@@H]3[C@@H]2OC(=O)OC)CC1. The summed E-state index contributed by atoms with van der Waals surface area (Å²) in [6, 6.07) is 0. The molecule has 0 saturated carbocycles. The molecule has 0 bridgehead atoms. The number of fused-ring (bicyclic) bond motifs is 2. The molecule has 7 rings (SSSR count). The fraction of sp³-hybridized carbons (Fsp3) is 0.897. The number of methoxy groups -OCH3 is 2. The highest BCUT2D eigenvalue weighted by molar-refractivity contribution is 5.79. The first-order valence-electron chi connectivity index (χ1n) is 20.5. The van der Waals surface area contributed by atoms with Gasteiger partial charge in [-0.25, -0.2) is 16.2 Å². The number of nitrogens with one attached hydrogen (secondary N) is 1. The normalized spacial score (nSPS) is 35.9. The number of carbonyl (C=O) groups is 3. The summed E-state index contributed by atoms with van der Waals surface area (Å²) >= 11 is 0. The lowest BCUT2D eigenvalue weighted by atomic mass is 9.89. The van der Waals surface area contributed by atoms with Gasteiger partial charge in [-0.15, -0.1) is 0 Å². The van der Waals surface area contributed by atoms with E-state index in [9.17, 15) is 14.4 Å². The monoisotopic (exact) mass is 824 g/mol. The average molecular weight is 825 g/mol. The Morgan fingerprint density at radius 2 is 1.21 bits per heavy atom. The Morgan fingerprint density at radius 1 is 0.741 bits per heavy atom. The van der Waals surface area contributed by atoms with E-state index in [2.05, 4.69) is 38.5 Å². The zero-order valence-corrected chi connectivity index (χ0v) is 35.3. The van der Waals surface area contributed by atoms with Crippen LogP contribution in [0.4, 0.5) is 9.59 Å². The van der Waals surface area contributed by atoms with Crippen molar-refractivity contribution in [3.63, 3.8) is 0 Å². The fourth-order valence-electron chi connectivity index (χ4n) is 8.72. The molecule has 7 saturated heterocycles. The summed E-state index contributed by atoms with van der Waals surface area (Å²) in [5, 5.41) is 3.44. The number of ether oxygens (including phenoxy) is 10. The van der Waals surface area contributed by atoms with Gasteiger partial charge in [-0.1, -0.05) is 0 Å². The molecule has 3 N–H and O–H groups in total. The van der Waals surface area contributed by atoms with E-state index in [0.717, 1.165) is 64.7 Å². The van der Waals surface area contributed by atoms with Crippen LogP contribution in [-0.4, -0.2) is 178 Å². The Balaban J connectivity index is 0.000000208. The number of amides is 1. The molecule has 0 aromatic carbocycles. The van der Waals surface area contributed by atoms with Crippen molar-refractivity contribution >= 4 is 18.2 Å². The molecule has 9 atom stereocenters. The molecule has 0 aliphatic carbocycles. The standard InChI is InChI=1S/C23H36N4O7.C16H28N2O6/c1-22(2)33-19-18(32-21(29)30-5)15(31-20(19)34-22)14-26-11-8-23(3,9-12-26)25-13-17(28)27-10-6-7-16(27)24-4;1-15(2)23-12-11(22-14(19)20-4)10(21-13(12)24-15)9-18-7-5-16(3,17)6-8-18/h15-16,18-20,25H,6-14H2,1-3,5H3;10-13H,5-9,17H2,1-4H3/t15-,16+,18-,19-,20-;10-,11-,12-,13-/m11/s1. The molecular formula is C39H64N6O13. The molecular weight excluding hydrogens is 760 g/mol. The summed E-state index contributed by atoms with van der Waals surface area (Å²) in [5.41, 5.74) is 5.91. The molecule has 0 spiro atoms. The van der Waals surface area contributed by atoms with E-state index in [1.807, 2.05) is 13.8 Å². The molecule has 7 heterocycles. The molecule has 0 unspecified atom stereocenters. The van der Waals surface area contributed by atoms with E-state index < -0.39 is 67.0 Å². The number of carbonyl (C=O) groups excluding carboxylic acids is 3. The van der Waals surface area contributed by atoms with E-state index in [1.54, 1.807) is 18.7 Å². The van der Waals surface area contributed by atoms with Crippen molar-refractivity contribution in [2.75, 3.05) is 66.6 Å². The van der Waals surface area contributed by atoms with Crippen molar-refractivity contribution in [3.8, 4) is 0 Å². The summed E-state index contributed by atoms with van der Waals surface area (Å²) in [5.74, 6) is -1.57. The first kappa shape index (κ1) is 44.6. The second kappa shape index (κ2) is 18.0. The van der Waals surface area contributed by atoms with Crippen molar-refractivity contribution in [1.82, 2.24) is 20.0 Å². The molecule has 328 valence electrons. The molecule has 58 heavy (non-hydrogen) atoms. The minimum Gasteiger partial charge on any atom is -0.438 e. The Hall–Kier alpha value is -2.90. The fourth-order valence-corrected chi connectivity index (χ4v) is 8.72. The molecule has 0 aromatic rings. The first-order valence-corrected chi connectivity index (χ1v) is 20.5. The summed E-state index contributed by atoms with van der Waals surface area (Å²) in [6.07, 6.45) is -0.600. The maximum Gasteiger partial charge on any atom is 0.508 e. The van der Waals surface area contributed by atoms with Crippen LogP contribution in [0, 0.1) is 6.57 Å². The summed E-state index contributed by atoms with van der Waals surface area (Å²) in [4.78, 5) is 45.9. The maximum absolute atomic E-state index is 12.6. The van der Waals surface area contributed by atoms with Crippen molar-refractivity contribution in [2.24, 2.45) is 5.73 Å². The molecule has 19 nitrogen and oxygen atoms in total. The minimum absolute atomic E-state index is 0.00113. The van der Waals surface area contributed by atoms with E-state index in [4.69, 9.17) is 54.9 Å². The van der Waals surface area contributed by atoms with Crippen molar-refractivity contribution in [1.29, 1.82) is 0 Å². The van der Waals surface area contributed by atoms with E-state index in [-0.39, 0.29) is 35.8 Å². The quantitative estimate of drug-likeness (QED) is 0.253. The Morgan fingerprint density at radius 3 is 1.66 bits per heavy atom. The predicted octanol–water partition coefficient (Wildman–Crippen LogP) is 2.15. The van der Waals surface area contributed by atoms with Crippen molar-refractivity contribution < 1.29 is 61.8 Å². The Bertz CT molecular complexity index is 1490. The van der Waals surface area contributed by atoms with Gasteiger partial charge in [0.25, 0.3) is 0 Å². The van der Waals surface area contributed by atoms with Gasteiger partial charge in [0.2, 0.25) is 5.91 Å². The van der Waals surface area contributed by atoms with Gasteiger partial charge in [-0.3, -0.25) is 14.5 Å². The van der Waals surface area contributed by atoms with Gasteiger partial charge < -0.3 is 68.2 Å². The second-order valence-electron chi connectivity index (χ2n) is 17.9. The van der Waals surface area contributed by atoms with Gasteiger partial charge >= 0.3 is 18.5 Å². The third-order valence-corrected chi connectivity index (χ3v) is 12.2. The van der Waals surface area contributed by atoms with Gasteiger partial charge in [0.05, 0.1) is 20.8 Å². The maximum atomic E-state index is 12.6. The summed E-state index contributed by atoms with van der Waals surface area (Å²) < 4.78 is 55.7. The van der Waals surface area contributed by atoms with Gasteiger partial charge in [0.1, 0.15) is 12.2 Å². The molecule has 7 fully saturated rings. The summed E-state index contributed by atoms with van der Waals surface area (Å²) in [7, 11) is 2.56. The van der Waals surface area contributed by atoms with Gasteiger partial charge in [0.15, 0.2) is 48.6 Å². The lowest BCUT2D eigenvalue weighted by Crippen LogP contribution is -2.55. The number of hydrogen-bond donors (Lipinski definition) is 2. The van der Waals surface area contributed by atoms with Crippen LogP contribution in [-0.2, 0) is 52.2 Å². The van der Waals surface area contributed by atoms with Crippen LogP contribution in [0.15, 0.2) is 0 Å². The highest BCUT2D eigenvalue weighted by Crippen LogP contribution is 2.41. The highest BCUT2D eigenvalue weighted by atomic mass is 16.9. The van der Waals surface area contributed by atoms with Crippen molar-refractivity contribution in [3.05, 3.63) is 11.4 Å². The largest absolute Gasteiger partial charge is 0.508 e. The van der Waals surface area contributed by atoms with Gasteiger partial charge in [0, 0.05) is 37.1 Å².